The van der Waals surface area contributed by atoms with Crippen molar-refractivity contribution in [2.24, 2.45) is 0 Å². The summed E-state index contributed by atoms with van der Waals surface area (Å²) >= 11 is 4.72. The number of hydrogen-bond acceptors (Lipinski definition) is 5. The van der Waals surface area contributed by atoms with Crippen molar-refractivity contribution in [3.05, 3.63) is 58.8 Å². The maximum atomic E-state index is 12.4. The van der Waals surface area contributed by atoms with E-state index in [2.05, 4.69) is 36.8 Å². The third-order valence-electron chi connectivity index (χ3n) is 4.49. The lowest BCUT2D eigenvalue weighted by atomic mass is 10.2. The number of carbonyl (C=O) groups is 2. The molecule has 1 fully saturated rings. The quantitative estimate of drug-likeness (QED) is 0.477. The number of nitrogens with one attached hydrogen (secondary N) is 2. The second-order valence-electron chi connectivity index (χ2n) is 7.03. The van der Waals surface area contributed by atoms with Gasteiger partial charge in [-0.3, -0.25) is 14.2 Å². The van der Waals surface area contributed by atoms with Gasteiger partial charge in [0, 0.05) is 28.7 Å². The SMILES string of the molecule is CC(=O)Nc1cccc(-n2c(SCC(=O)Nc3ccc(Br)cc3)nnc2C2CC2)c1. The van der Waals surface area contributed by atoms with Gasteiger partial charge in [-0.25, -0.2) is 0 Å². The van der Waals surface area contributed by atoms with Crippen LogP contribution in [-0.4, -0.2) is 32.3 Å². The molecule has 0 aliphatic heterocycles. The minimum absolute atomic E-state index is 0.114. The first-order valence-corrected chi connectivity index (χ1v) is 11.3. The van der Waals surface area contributed by atoms with Crippen molar-refractivity contribution < 1.29 is 9.59 Å². The van der Waals surface area contributed by atoms with E-state index in [1.54, 1.807) is 0 Å². The van der Waals surface area contributed by atoms with Crippen molar-refractivity contribution in [3.63, 3.8) is 0 Å². The van der Waals surface area contributed by atoms with Crippen LogP contribution in [-0.2, 0) is 9.59 Å². The number of anilines is 2. The standard InChI is InChI=1S/C21H20BrN5O2S/c1-13(28)23-17-3-2-4-18(11-17)27-20(14-5-6-14)25-26-21(27)30-12-19(29)24-16-9-7-15(22)8-10-16/h2-4,7-11,14H,5-6,12H2,1H3,(H,23,28)(H,24,29). The second kappa shape index (κ2) is 9.01. The van der Waals surface area contributed by atoms with E-state index in [9.17, 15) is 9.59 Å². The fraction of sp³-hybridized carbons (Fsp3) is 0.238. The summed E-state index contributed by atoms with van der Waals surface area (Å²) in [5, 5.41) is 15.1. The van der Waals surface area contributed by atoms with Gasteiger partial charge >= 0.3 is 0 Å². The molecule has 2 amide bonds. The molecule has 154 valence electrons. The van der Waals surface area contributed by atoms with E-state index >= 15 is 0 Å². The van der Waals surface area contributed by atoms with Gasteiger partial charge in [-0.2, -0.15) is 0 Å². The number of amides is 2. The molecular weight excluding hydrogens is 466 g/mol. The van der Waals surface area contributed by atoms with Crippen LogP contribution in [0.2, 0.25) is 0 Å². The van der Waals surface area contributed by atoms with Crippen LogP contribution < -0.4 is 10.6 Å². The summed E-state index contributed by atoms with van der Waals surface area (Å²) in [7, 11) is 0. The molecule has 0 spiro atoms. The molecule has 9 heteroatoms. The first kappa shape index (κ1) is 20.6. The number of halogens is 1. The van der Waals surface area contributed by atoms with Gasteiger partial charge in [0.25, 0.3) is 0 Å². The monoisotopic (exact) mass is 485 g/mol. The first-order valence-electron chi connectivity index (χ1n) is 9.51. The van der Waals surface area contributed by atoms with Crippen molar-refractivity contribution >= 4 is 50.9 Å². The number of hydrogen-bond donors (Lipinski definition) is 2. The number of benzene rings is 2. The summed E-state index contributed by atoms with van der Waals surface area (Å²) < 4.78 is 2.94. The molecule has 1 aromatic heterocycles. The van der Waals surface area contributed by atoms with Crippen molar-refractivity contribution in [1.82, 2.24) is 14.8 Å². The normalized spacial score (nSPS) is 13.1. The molecule has 2 aromatic carbocycles. The van der Waals surface area contributed by atoms with Crippen molar-refractivity contribution in [2.75, 3.05) is 16.4 Å². The van der Waals surface area contributed by atoms with E-state index in [1.807, 2.05) is 53.1 Å². The maximum absolute atomic E-state index is 12.4. The van der Waals surface area contributed by atoms with E-state index in [4.69, 9.17) is 0 Å². The first-order chi connectivity index (χ1) is 14.5. The molecule has 0 radical (unpaired) electrons. The summed E-state index contributed by atoms with van der Waals surface area (Å²) in [6.45, 7) is 1.48. The fourth-order valence-electron chi connectivity index (χ4n) is 3.01. The number of nitrogens with zero attached hydrogens (tertiary/aromatic N) is 3. The van der Waals surface area contributed by atoms with Crippen molar-refractivity contribution in [3.8, 4) is 5.69 Å². The van der Waals surface area contributed by atoms with Gasteiger partial charge in [-0.1, -0.05) is 33.8 Å². The highest BCUT2D eigenvalue weighted by Crippen LogP contribution is 2.41. The largest absolute Gasteiger partial charge is 0.326 e. The Kier molecular flexibility index (Phi) is 6.19. The minimum atomic E-state index is -0.127. The van der Waals surface area contributed by atoms with E-state index in [1.165, 1.54) is 18.7 Å². The summed E-state index contributed by atoms with van der Waals surface area (Å²) in [5.74, 6) is 1.25. The third kappa shape index (κ3) is 5.09. The molecular formula is C21H20BrN5O2S. The minimum Gasteiger partial charge on any atom is -0.326 e. The molecule has 1 aliphatic rings. The predicted molar refractivity (Wildman–Crippen MR) is 121 cm³/mol. The molecule has 1 heterocycles. The summed E-state index contributed by atoms with van der Waals surface area (Å²) in [6, 6.07) is 15.0. The third-order valence-corrected chi connectivity index (χ3v) is 5.94. The lowest BCUT2D eigenvalue weighted by molar-refractivity contribution is -0.114. The lowest BCUT2D eigenvalue weighted by Gasteiger charge is -2.12. The molecule has 0 atom stereocenters. The highest BCUT2D eigenvalue weighted by molar-refractivity contribution is 9.10. The highest BCUT2D eigenvalue weighted by atomic mass is 79.9. The average molecular weight is 486 g/mol. The van der Waals surface area contributed by atoms with Gasteiger partial charge in [-0.15, -0.1) is 10.2 Å². The number of carbonyl (C=O) groups excluding carboxylic acids is 2. The Morgan fingerprint density at radius 1 is 1.10 bits per heavy atom. The molecule has 0 unspecified atom stereocenters. The second-order valence-corrected chi connectivity index (χ2v) is 8.88. The Hall–Kier alpha value is -2.65. The lowest BCUT2D eigenvalue weighted by Crippen LogP contribution is -2.14. The smallest absolute Gasteiger partial charge is 0.234 e. The molecule has 0 bridgehead atoms. The van der Waals surface area contributed by atoms with Gasteiger partial charge in [-0.05, 0) is 55.3 Å². The molecule has 7 nitrogen and oxygen atoms in total. The van der Waals surface area contributed by atoms with E-state index in [-0.39, 0.29) is 17.6 Å². The van der Waals surface area contributed by atoms with Crippen molar-refractivity contribution in [1.29, 1.82) is 0 Å². The predicted octanol–water partition coefficient (Wildman–Crippen LogP) is 4.60. The zero-order valence-corrected chi connectivity index (χ0v) is 18.7. The molecule has 3 aromatic rings. The summed E-state index contributed by atoms with van der Waals surface area (Å²) in [4.78, 5) is 23.8. The van der Waals surface area contributed by atoms with E-state index < -0.39 is 0 Å². The average Bonchev–Trinajstić information content (AvgIpc) is 3.47. The Balaban J connectivity index is 1.52. The fourth-order valence-corrected chi connectivity index (χ4v) is 4.03. The number of rotatable bonds is 7. The van der Waals surface area contributed by atoms with Crippen molar-refractivity contribution in [2.45, 2.75) is 30.8 Å². The van der Waals surface area contributed by atoms with Crippen LogP contribution in [0.15, 0.2) is 58.2 Å². The molecule has 30 heavy (non-hydrogen) atoms. The molecule has 4 rings (SSSR count). The zero-order chi connectivity index (χ0) is 21.1. The molecule has 1 saturated carbocycles. The Morgan fingerprint density at radius 2 is 1.87 bits per heavy atom. The van der Waals surface area contributed by atoms with Crippen LogP contribution in [0.3, 0.4) is 0 Å². The Bertz CT molecular complexity index is 1080. The topological polar surface area (TPSA) is 88.9 Å². The Morgan fingerprint density at radius 3 is 2.57 bits per heavy atom. The molecule has 1 aliphatic carbocycles. The summed E-state index contributed by atoms with van der Waals surface area (Å²) in [6.07, 6.45) is 2.16. The van der Waals surface area contributed by atoms with E-state index in [0.717, 1.165) is 34.5 Å². The van der Waals surface area contributed by atoms with Crippen LogP contribution in [0, 0.1) is 0 Å². The van der Waals surface area contributed by atoms with Gasteiger partial charge in [0.15, 0.2) is 5.16 Å². The van der Waals surface area contributed by atoms with Crippen LogP contribution in [0.5, 0.6) is 0 Å². The van der Waals surface area contributed by atoms with Crippen LogP contribution in [0.1, 0.15) is 31.5 Å². The summed E-state index contributed by atoms with van der Waals surface area (Å²) in [5.41, 5.74) is 2.32. The number of aromatic nitrogens is 3. The van der Waals surface area contributed by atoms with Gasteiger partial charge in [0.1, 0.15) is 5.82 Å². The van der Waals surface area contributed by atoms with Gasteiger partial charge < -0.3 is 10.6 Å². The van der Waals surface area contributed by atoms with Crippen LogP contribution in [0.4, 0.5) is 11.4 Å². The van der Waals surface area contributed by atoms with E-state index in [0.29, 0.717) is 16.8 Å². The maximum Gasteiger partial charge on any atom is 0.234 e. The zero-order valence-electron chi connectivity index (χ0n) is 16.3. The highest BCUT2D eigenvalue weighted by Gasteiger charge is 2.31. The Labute approximate surface area is 186 Å². The van der Waals surface area contributed by atoms with Gasteiger partial charge in [0.05, 0.1) is 11.4 Å². The van der Waals surface area contributed by atoms with Crippen LogP contribution in [0.25, 0.3) is 5.69 Å². The number of thioether (sulfide) groups is 1. The van der Waals surface area contributed by atoms with Crippen LogP contribution >= 0.6 is 27.7 Å². The molecule has 2 N–H and O–H groups in total. The van der Waals surface area contributed by atoms with Gasteiger partial charge in [0.2, 0.25) is 11.8 Å². The molecule has 0 saturated heterocycles.